The van der Waals surface area contributed by atoms with Crippen LogP contribution in [0.25, 0.3) is 0 Å². The molecule has 1 aromatic carbocycles. The first-order chi connectivity index (χ1) is 8.28. The predicted molar refractivity (Wildman–Crippen MR) is 67.9 cm³/mol. The van der Waals surface area contributed by atoms with Gasteiger partial charge in [-0.05, 0) is 17.2 Å². The second-order valence-electron chi connectivity index (χ2n) is 3.62. The molecule has 0 saturated heterocycles. The first-order valence-electron chi connectivity index (χ1n) is 5.30. The highest BCUT2D eigenvalue weighted by Gasteiger charge is 1.97. The summed E-state index contributed by atoms with van der Waals surface area (Å²) in [5.74, 6) is 0.567. The molecule has 1 aromatic heterocycles. The summed E-state index contributed by atoms with van der Waals surface area (Å²) in [6.45, 7) is 1.04. The fourth-order valence-corrected chi connectivity index (χ4v) is 1.49. The van der Waals surface area contributed by atoms with Crippen molar-refractivity contribution in [3.8, 4) is 5.88 Å². The van der Waals surface area contributed by atoms with Gasteiger partial charge in [0, 0.05) is 18.8 Å². The molecule has 1 heterocycles. The minimum atomic E-state index is 0.486. The lowest BCUT2D eigenvalue weighted by Gasteiger charge is -2.05. The lowest BCUT2D eigenvalue weighted by molar-refractivity contribution is 0.294. The molecule has 0 saturated carbocycles. The molecule has 88 valence electrons. The lowest BCUT2D eigenvalue weighted by atomic mass is 10.1. The molecule has 0 radical (unpaired) electrons. The van der Waals surface area contributed by atoms with Crippen LogP contribution in [0.15, 0.2) is 42.6 Å². The maximum atomic E-state index is 5.73. The largest absolute Gasteiger partial charge is 0.473 e. The standard InChI is InChI=1S/C13H13ClN2O/c14-12-5-6-13(16-8-12)17-9-11-3-1-10(7-15)2-4-11/h1-6,8H,7,9,15H2. The highest BCUT2D eigenvalue weighted by molar-refractivity contribution is 6.30. The zero-order valence-corrected chi connectivity index (χ0v) is 10.0. The van der Waals surface area contributed by atoms with Crippen LogP contribution in [0.3, 0.4) is 0 Å². The van der Waals surface area contributed by atoms with Gasteiger partial charge in [-0.3, -0.25) is 0 Å². The second kappa shape index (κ2) is 5.66. The minimum absolute atomic E-state index is 0.486. The van der Waals surface area contributed by atoms with Crippen LogP contribution in [0.1, 0.15) is 11.1 Å². The first kappa shape index (κ1) is 11.9. The number of ether oxygens (including phenoxy) is 1. The van der Waals surface area contributed by atoms with Gasteiger partial charge in [0.25, 0.3) is 0 Å². The minimum Gasteiger partial charge on any atom is -0.473 e. The molecule has 0 aliphatic heterocycles. The van der Waals surface area contributed by atoms with E-state index in [4.69, 9.17) is 22.1 Å². The number of rotatable bonds is 4. The highest BCUT2D eigenvalue weighted by atomic mass is 35.5. The van der Waals surface area contributed by atoms with E-state index in [1.807, 2.05) is 24.3 Å². The van der Waals surface area contributed by atoms with Crippen LogP contribution in [0, 0.1) is 0 Å². The van der Waals surface area contributed by atoms with Gasteiger partial charge in [0.05, 0.1) is 5.02 Å². The van der Waals surface area contributed by atoms with E-state index in [-0.39, 0.29) is 0 Å². The summed E-state index contributed by atoms with van der Waals surface area (Å²) in [4.78, 5) is 4.05. The third-order valence-corrected chi connectivity index (χ3v) is 2.57. The first-order valence-corrected chi connectivity index (χ1v) is 5.68. The smallest absolute Gasteiger partial charge is 0.213 e. The van der Waals surface area contributed by atoms with Crippen molar-refractivity contribution in [3.05, 3.63) is 58.7 Å². The van der Waals surface area contributed by atoms with Gasteiger partial charge in [0.15, 0.2) is 0 Å². The summed E-state index contributed by atoms with van der Waals surface area (Å²) in [6.07, 6.45) is 1.56. The average molecular weight is 249 g/mol. The van der Waals surface area contributed by atoms with E-state index in [2.05, 4.69) is 4.98 Å². The summed E-state index contributed by atoms with van der Waals surface area (Å²) in [7, 11) is 0. The molecule has 0 unspecified atom stereocenters. The van der Waals surface area contributed by atoms with Gasteiger partial charge >= 0.3 is 0 Å². The van der Waals surface area contributed by atoms with Crippen molar-refractivity contribution >= 4 is 11.6 Å². The number of nitrogens with two attached hydrogens (primary N) is 1. The Labute approximate surface area is 105 Å². The molecular weight excluding hydrogens is 236 g/mol. The molecule has 0 fully saturated rings. The molecule has 3 nitrogen and oxygen atoms in total. The molecule has 0 amide bonds. The van der Waals surface area contributed by atoms with Crippen LogP contribution >= 0.6 is 11.6 Å². The van der Waals surface area contributed by atoms with Crippen molar-refractivity contribution in [3.63, 3.8) is 0 Å². The Morgan fingerprint density at radius 2 is 1.76 bits per heavy atom. The van der Waals surface area contributed by atoms with E-state index < -0.39 is 0 Å². The van der Waals surface area contributed by atoms with Crippen LogP contribution in [-0.4, -0.2) is 4.98 Å². The fourth-order valence-electron chi connectivity index (χ4n) is 1.38. The topological polar surface area (TPSA) is 48.1 Å². The zero-order chi connectivity index (χ0) is 12.1. The van der Waals surface area contributed by atoms with Crippen molar-refractivity contribution < 1.29 is 4.74 Å². The number of benzene rings is 1. The molecule has 0 bridgehead atoms. The van der Waals surface area contributed by atoms with Gasteiger partial charge in [0.1, 0.15) is 6.61 Å². The Hall–Kier alpha value is -1.58. The van der Waals surface area contributed by atoms with Crippen LogP contribution in [0.5, 0.6) is 5.88 Å². The average Bonchev–Trinajstić information content (AvgIpc) is 2.39. The van der Waals surface area contributed by atoms with E-state index in [1.54, 1.807) is 18.3 Å². The van der Waals surface area contributed by atoms with E-state index >= 15 is 0 Å². The van der Waals surface area contributed by atoms with Crippen molar-refractivity contribution in [2.24, 2.45) is 5.73 Å². The van der Waals surface area contributed by atoms with Gasteiger partial charge in [0.2, 0.25) is 5.88 Å². The van der Waals surface area contributed by atoms with Crippen molar-refractivity contribution in [2.45, 2.75) is 13.2 Å². The number of aromatic nitrogens is 1. The molecule has 4 heteroatoms. The quantitative estimate of drug-likeness (QED) is 0.905. The predicted octanol–water partition coefficient (Wildman–Crippen LogP) is 2.77. The van der Waals surface area contributed by atoms with Crippen LogP contribution in [0.2, 0.25) is 5.02 Å². The summed E-state index contributed by atoms with van der Waals surface area (Å²) < 4.78 is 5.52. The number of nitrogens with zero attached hydrogens (tertiary/aromatic N) is 1. The Balaban J connectivity index is 1.95. The number of hydrogen-bond donors (Lipinski definition) is 1. The summed E-state index contributed by atoms with van der Waals surface area (Å²) in [5, 5.41) is 0.602. The summed E-state index contributed by atoms with van der Waals surface area (Å²) in [5.41, 5.74) is 7.72. The number of halogens is 1. The second-order valence-corrected chi connectivity index (χ2v) is 4.06. The molecule has 0 spiro atoms. The Morgan fingerprint density at radius 1 is 1.06 bits per heavy atom. The molecule has 2 aromatic rings. The molecule has 0 aliphatic carbocycles. The molecular formula is C13H13ClN2O. The van der Waals surface area contributed by atoms with Crippen LogP contribution < -0.4 is 10.5 Å². The zero-order valence-electron chi connectivity index (χ0n) is 9.27. The van der Waals surface area contributed by atoms with E-state index in [0.717, 1.165) is 11.1 Å². The van der Waals surface area contributed by atoms with Gasteiger partial charge < -0.3 is 10.5 Å². The third-order valence-electron chi connectivity index (χ3n) is 2.35. The van der Waals surface area contributed by atoms with Crippen LogP contribution in [0.4, 0.5) is 0 Å². The Morgan fingerprint density at radius 3 is 2.35 bits per heavy atom. The molecule has 0 aliphatic rings. The summed E-state index contributed by atoms with van der Waals surface area (Å²) >= 11 is 5.73. The maximum absolute atomic E-state index is 5.73. The molecule has 2 N–H and O–H groups in total. The van der Waals surface area contributed by atoms with Gasteiger partial charge in [-0.15, -0.1) is 0 Å². The van der Waals surface area contributed by atoms with Gasteiger partial charge in [-0.25, -0.2) is 4.98 Å². The molecule has 17 heavy (non-hydrogen) atoms. The van der Waals surface area contributed by atoms with E-state index in [9.17, 15) is 0 Å². The maximum Gasteiger partial charge on any atom is 0.213 e. The lowest BCUT2D eigenvalue weighted by Crippen LogP contribution is -1.99. The monoisotopic (exact) mass is 248 g/mol. The Bertz CT molecular complexity index is 468. The van der Waals surface area contributed by atoms with E-state index in [1.165, 1.54) is 0 Å². The number of pyridine rings is 1. The molecule has 0 atom stereocenters. The molecule has 2 rings (SSSR count). The van der Waals surface area contributed by atoms with Crippen molar-refractivity contribution in [2.75, 3.05) is 0 Å². The number of hydrogen-bond acceptors (Lipinski definition) is 3. The Kier molecular flexibility index (Phi) is 3.96. The van der Waals surface area contributed by atoms with Gasteiger partial charge in [-0.2, -0.15) is 0 Å². The summed E-state index contributed by atoms with van der Waals surface area (Å²) in [6, 6.07) is 11.5. The van der Waals surface area contributed by atoms with Crippen molar-refractivity contribution in [1.29, 1.82) is 0 Å². The van der Waals surface area contributed by atoms with Crippen LogP contribution in [-0.2, 0) is 13.2 Å². The van der Waals surface area contributed by atoms with Gasteiger partial charge in [-0.1, -0.05) is 35.9 Å². The SMILES string of the molecule is NCc1ccc(COc2ccc(Cl)cn2)cc1. The highest BCUT2D eigenvalue weighted by Crippen LogP contribution is 2.13. The third kappa shape index (κ3) is 3.44. The van der Waals surface area contributed by atoms with Crippen molar-refractivity contribution in [1.82, 2.24) is 4.98 Å². The normalized spacial score (nSPS) is 10.2. The van der Waals surface area contributed by atoms with E-state index in [0.29, 0.717) is 24.1 Å². The fraction of sp³-hybridized carbons (Fsp3) is 0.154.